The number of benzene rings is 1. The van der Waals surface area contributed by atoms with E-state index in [0.717, 1.165) is 10.8 Å². The quantitative estimate of drug-likeness (QED) is 0.340. The van der Waals surface area contributed by atoms with Crippen LogP contribution in [0.2, 0.25) is 0 Å². The van der Waals surface area contributed by atoms with Crippen LogP contribution in [0, 0.1) is 11.8 Å². The van der Waals surface area contributed by atoms with Crippen LogP contribution in [0.3, 0.4) is 0 Å². The first-order valence-corrected chi connectivity index (χ1v) is 9.71. The Morgan fingerprint density at radius 1 is 1.19 bits per heavy atom. The number of nitrogens with one attached hydrogen (secondary N) is 2. The average Bonchev–Trinajstić information content (AvgIpc) is 3.26. The van der Waals surface area contributed by atoms with E-state index in [9.17, 15) is 14.7 Å². The van der Waals surface area contributed by atoms with Gasteiger partial charge in [0.25, 0.3) is 5.91 Å². The molecule has 0 spiro atoms. The highest BCUT2D eigenvalue weighted by Crippen LogP contribution is 2.32. The Morgan fingerprint density at radius 2 is 2.06 bits per heavy atom. The number of ether oxygens (including phenoxy) is 1. The highest BCUT2D eigenvalue weighted by atomic mass is 16.5. The monoisotopic (exact) mass is 427 g/mol. The van der Waals surface area contributed by atoms with Crippen LogP contribution in [0.5, 0.6) is 11.6 Å². The molecule has 5 rings (SSSR count). The number of carbonyl (C=O) groups excluding carboxylic acids is 2. The van der Waals surface area contributed by atoms with Crippen molar-refractivity contribution in [2.75, 3.05) is 7.11 Å². The molecule has 0 bridgehead atoms. The van der Waals surface area contributed by atoms with Gasteiger partial charge in [0.05, 0.1) is 13.7 Å². The van der Waals surface area contributed by atoms with Gasteiger partial charge in [-0.2, -0.15) is 0 Å². The van der Waals surface area contributed by atoms with Gasteiger partial charge in [0, 0.05) is 40.3 Å². The van der Waals surface area contributed by atoms with Crippen molar-refractivity contribution >= 4 is 33.7 Å². The van der Waals surface area contributed by atoms with Gasteiger partial charge in [0.1, 0.15) is 5.75 Å². The molecule has 158 valence electrons. The van der Waals surface area contributed by atoms with E-state index in [4.69, 9.17) is 4.74 Å². The van der Waals surface area contributed by atoms with E-state index in [-0.39, 0.29) is 12.4 Å². The fourth-order valence-corrected chi connectivity index (χ4v) is 3.67. The fraction of sp³-hybridized carbons (Fsp3) is 0.130. The van der Waals surface area contributed by atoms with Gasteiger partial charge >= 0.3 is 6.03 Å². The number of amides is 3. The number of imide groups is 1. The first-order valence-electron chi connectivity index (χ1n) is 9.71. The summed E-state index contributed by atoms with van der Waals surface area (Å²) in [4.78, 5) is 33.1. The lowest BCUT2D eigenvalue weighted by atomic mass is 10.00. The molecule has 1 aromatic carbocycles. The Labute approximate surface area is 182 Å². The number of fused-ring (bicyclic) bond motifs is 2. The second kappa shape index (κ2) is 7.28. The Kier molecular flexibility index (Phi) is 4.41. The number of aromatic nitrogens is 3. The number of hydrogen-bond donors (Lipinski definition) is 3. The zero-order valence-electron chi connectivity index (χ0n) is 16.9. The van der Waals surface area contributed by atoms with Crippen molar-refractivity contribution in [1.82, 2.24) is 25.2 Å². The molecule has 3 amide bonds. The van der Waals surface area contributed by atoms with Gasteiger partial charge in [0.2, 0.25) is 5.54 Å². The summed E-state index contributed by atoms with van der Waals surface area (Å²) in [5, 5.41) is 17.7. The van der Waals surface area contributed by atoms with Crippen molar-refractivity contribution in [2.45, 2.75) is 12.1 Å². The molecule has 1 fully saturated rings. The van der Waals surface area contributed by atoms with Crippen molar-refractivity contribution in [1.29, 1.82) is 0 Å². The summed E-state index contributed by atoms with van der Waals surface area (Å²) in [5.41, 5.74) is -0.429. The second-order valence-corrected chi connectivity index (χ2v) is 7.37. The number of urea groups is 1. The lowest BCUT2D eigenvalue weighted by Gasteiger charge is -2.20. The summed E-state index contributed by atoms with van der Waals surface area (Å²) in [6.07, 6.45) is 4.89. The maximum Gasteiger partial charge on any atom is 0.323 e. The maximum atomic E-state index is 12.7. The van der Waals surface area contributed by atoms with E-state index in [1.807, 2.05) is 6.07 Å². The summed E-state index contributed by atoms with van der Waals surface area (Å²) in [6, 6.07) is 10.1. The predicted molar refractivity (Wildman–Crippen MR) is 116 cm³/mol. The first kappa shape index (κ1) is 19.4. The number of aromatic hydroxyl groups is 1. The minimum atomic E-state index is -1.57. The predicted octanol–water partition coefficient (Wildman–Crippen LogP) is 1.93. The molecule has 32 heavy (non-hydrogen) atoms. The Bertz CT molecular complexity index is 1470. The van der Waals surface area contributed by atoms with Gasteiger partial charge in [-0.05, 0) is 36.4 Å². The number of nitrogens with zero attached hydrogens (tertiary/aromatic N) is 3. The van der Waals surface area contributed by atoms with E-state index in [1.165, 1.54) is 11.7 Å². The summed E-state index contributed by atoms with van der Waals surface area (Å²) < 4.78 is 6.69. The third kappa shape index (κ3) is 3.24. The molecular weight excluding hydrogens is 410 g/mol. The second-order valence-electron chi connectivity index (χ2n) is 7.37. The Balaban J connectivity index is 1.56. The molecule has 0 saturated carbocycles. The third-order valence-corrected chi connectivity index (χ3v) is 5.29. The Hall–Kier alpha value is -4.58. The summed E-state index contributed by atoms with van der Waals surface area (Å²) in [5.74, 6) is 5.75. The molecule has 9 heteroatoms. The van der Waals surface area contributed by atoms with Crippen LogP contribution < -0.4 is 15.4 Å². The Morgan fingerprint density at radius 3 is 2.84 bits per heavy atom. The molecule has 1 atom stereocenters. The van der Waals surface area contributed by atoms with Crippen molar-refractivity contribution in [3.05, 3.63) is 60.6 Å². The van der Waals surface area contributed by atoms with Crippen LogP contribution in [0.1, 0.15) is 5.56 Å². The van der Waals surface area contributed by atoms with Crippen LogP contribution in [0.15, 0.2) is 55.0 Å². The molecule has 4 aromatic rings. The normalized spacial score (nSPS) is 17.7. The molecule has 0 unspecified atom stereocenters. The first-order chi connectivity index (χ1) is 15.5. The van der Waals surface area contributed by atoms with Gasteiger partial charge in [-0.3, -0.25) is 10.1 Å². The lowest BCUT2D eigenvalue weighted by Crippen LogP contribution is -2.49. The van der Waals surface area contributed by atoms with E-state index in [2.05, 4.69) is 32.4 Å². The molecule has 0 radical (unpaired) electrons. The molecule has 1 saturated heterocycles. The van der Waals surface area contributed by atoms with Gasteiger partial charge in [-0.1, -0.05) is 11.8 Å². The van der Waals surface area contributed by atoms with Crippen LogP contribution in [-0.2, 0) is 11.3 Å². The van der Waals surface area contributed by atoms with Crippen molar-refractivity contribution in [3.63, 3.8) is 0 Å². The third-order valence-electron chi connectivity index (χ3n) is 5.29. The summed E-state index contributed by atoms with van der Waals surface area (Å²) >= 11 is 0. The summed E-state index contributed by atoms with van der Waals surface area (Å²) in [6.45, 7) is -0.0943. The minimum Gasteiger partial charge on any atom is -0.497 e. The van der Waals surface area contributed by atoms with Gasteiger partial charge < -0.3 is 19.7 Å². The van der Waals surface area contributed by atoms with Crippen LogP contribution in [0.25, 0.3) is 21.8 Å². The fourth-order valence-electron chi connectivity index (χ4n) is 3.67. The molecule has 9 nitrogen and oxygen atoms in total. The number of methoxy groups -OCH3 is 1. The SMILES string of the molecule is COc1ccc2cn(C[C@@]3(C#Cc4cnc5ncccc5c4)NC(=O)NC3=O)c(O)c2c1. The van der Waals surface area contributed by atoms with Crippen molar-refractivity contribution in [3.8, 4) is 23.5 Å². The lowest BCUT2D eigenvalue weighted by molar-refractivity contribution is -0.122. The number of rotatable bonds is 3. The van der Waals surface area contributed by atoms with E-state index >= 15 is 0 Å². The summed E-state index contributed by atoms with van der Waals surface area (Å²) in [7, 11) is 1.54. The average molecular weight is 427 g/mol. The topological polar surface area (TPSA) is 118 Å². The van der Waals surface area contributed by atoms with Crippen molar-refractivity contribution in [2.24, 2.45) is 0 Å². The number of hydrogen-bond acceptors (Lipinski definition) is 6. The van der Waals surface area contributed by atoms with Crippen LogP contribution >= 0.6 is 0 Å². The highest BCUT2D eigenvalue weighted by molar-refractivity contribution is 6.09. The zero-order chi connectivity index (χ0) is 22.3. The maximum absolute atomic E-state index is 12.7. The number of carbonyl (C=O) groups is 2. The van der Waals surface area contributed by atoms with Crippen molar-refractivity contribution < 1.29 is 19.4 Å². The van der Waals surface area contributed by atoms with Gasteiger partial charge in [0.15, 0.2) is 11.5 Å². The number of pyridine rings is 2. The molecule has 4 heterocycles. The highest BCUT2D eigenvalue weighted by Gasteiger charge is 2.46. The van der Waals surface area contributed by atoms with E-state index in [1.54, 1.807) is 48.9 Å². The van der Waals surface area contributed by atoms with Gasteiger partial charge in [-0.25, -0.2) is 14.8 Å². The van der Waals surface area contributed by atoms with Crippen LogP contribution in [0.4, 0.5) is 4.79 Å². The minimum absolute atomic E-state index is 0.0625. The molecule has 1 aliphatic rings. The molecule has 3 aromatic heterocycles. The molecule has 0 aliphatic carbocycles. The molecule has 3 N–H and O–H groups in total. The van der Waals surface area contributed by atoms with E-state index in [0.29, 0.717) is 22.3 Å². The van der Waals surface area contributed by atoms with Crippen LogP contribution in [-0.4, -0.2) is 44.2 Å². The smallest absolute Gasteiger partial charge is 0.323 e. The largest absolute Gasteiger partial charge is 0.497 e. The molecule has 1 aliphatic heterocycles. The zero-order valence-corrected chi connectivity index (χ0v) is 16.9. The van der Waals surface area contributed by atoms with Gasteiger partial charge in [-0.15, -0.1) is 0 Å². The molecular formula is C23H17N5O4. The van der Waals surface area contributed by atoms with E-state index < -0.39 is 17.5 Å². The standard InChI is InChI=1S/C23H17N5O4/c1-32-17-5-4-16-12-28(20(29)18(16)10-17)13-23(21(30)26-22(31)27-23)7-6-14-9-15-3-2-8-24-19(15)25-11-14/h2-5,8-12,29H,13H2,1H3,(H2,26,27,30,31)/t23-/m1/s1.